The Bertz CT molecular complexity index is 818. The first-order chi connectivity index (χ1) is 9.61. The first kappa shape index (κ1) is 12.3. The highest BCUT2D eigenvalue weighted by Crippen LogP contribution is 2.16. The van der Waals surface area contributed by atoms with Crippen molar-refractivity contribution >= 4 is 22.5 Å². The van der Waals surface area contributed by atoms with E-state index in [0.29, 0.717) is 12.2 Å². The third-order valence-electron chi connectivity index (χ3n) is 3.14. The van der Waals surface area contributed by atoms with E-state index in [1.165, 1.54) is 0 Å². The third kappa shape index (κ3) is 2.35. The number of nitrogen functional groups attached to an aromatic ring is 1. The number of nitrogens with zero attached hydrogens (tertiary/aromatic N) is 1. The van der Waals surface area contributed by atoms with Gasteiger partial charge in [-0.3, -0.25) is 0 Å². The summed E-state index contributed by atoms with van der Waals surface area (Å²) in [5.41, 5.74) is 9.80. The van der Waals surface area contributed by atoms with Crippen LogP contribution >= 0.6 is 0 Å². The number of aryl methyl sites for hydroxylation is 1. The number of nitrogens with two attached hydrogens (primary N) is 1. The Morgan fingerprint density at radius 3 is 2.85 bits per heavy atom. The van der Waals surface area contributed by atoms with Gasteiger partial charge in [-0.1, -0.05) is 6.07 Å². The molecule has 0 amide bonds. The number of aromatic amines is 2. The largest absolute Gasteiger partial charge is 0.397 e. The van der Waals surface area contributed by atoms with Crippen molar-refractivity contribution in [2.75, 3.05) is 11.1 Å². The van der Waals surface area contributed by atoms with Gasteiger partial charge in [-0.25, -0.2) is 9.78 Å². The molecule has 3 rings (SSSR count). The number of hydrogen-bond acceptors (Lipinski definition) is 4. The summed E-state index contributed by atoms with van der Waals surface area (Å²) < 4.78 is 0. The van der Waals surface area contributed by atoms with Crippen LogP contribution in [0.25, 0.3) is 11.0 Å². The number of fused-ring (bicyclic) bond motifs is 1. The molecule has 0 saturated heterocycles. The average molecular weight is 269 g/mol. The summed E-state index contributed by atoms with van der Waals surface area (Å²) in [7, 11) is 0. The minimum absolute atomic E-state index is 0.193. The zero-order valence-corrected chi connectivity index (χ0v) is 11.0. The van der Waals surface area contributed by atoms with Gasteiger partial charge in [0.2, 0.25) is 0 Å². The van der Waals surface area contributed by atoms with E-state index in [0.717, 1.165) is 28.0 Å². The van der Waals surface area contributed by atoms with Crippen molar-refractivity contribution in [3.05, 3.63) is 52.1 Å². The molecule has 0 unspecified atom stereocenters. The molecule has 2 heterocycles. The van der Waals surface area contributed by atoms with E-state index in [9.17, 15) is 4.79 Å². The second-order valence-electron chi connectivity index (χ2n) is 4.75. The quantitative estimate of drug-likeness (QED) is 0.582. The smallest absolute Gasteiger partial charge is 0.323 e. The number of pyridine rings is 1. The molecule has 3 aromatic rings. The van der Waals surface area contributed by atoms with Crippen molar-refractivity contribution in [3.8, 4) is 0 Å². The Kier molecular flexibility index (Phi) is 2.90. The molecule has 0 fully saturated rings. The highest BCUT2D eigenvalue weighted by molar-refractivity contribution is 5.75. The third-order valence-corrected chi connectivity index (χ3v) is 3.14. The lowest BCUT2D eigenvalue weighted by atomic mass is 10.2. The monoisotopic (exact) mass is 269 g/mol. The van der Waals surface area contributed by atoms with Crippen LogP contribution in [-0.4, -0.2) is 15.0 Å². The van der Waals surface area contributed by atoms with Crippen LogP contribution in [-0.2, 0) is 6.54 Å². The second-order valence-corrected chi connectivity index (χ2v) is 4.75. The first-order valence-corrected chi connectivity index (χ1v) is 6.29. The van der Waals surface area contributed by atoms with E-state index in [2.05, 4.69) is 20.3 Å². The average Bonchev–Trinajstić information content (AvgIpc) is 2.77. The van der Waals surface area contributed by atoms with Crippen LogP contribution in [0.4, 0.5) is 11.5 Å². The van der Waals surface area contributed by atoms with Crippen LogP contribution in [0, 0.1) is 6.92 Å². The predicted octanol–water partition coefficient (Wildman–Crippen LogP) is 1.75. The maximum Gasteiger partial charge on any atom is 0.323 e. The Hall–Kier alpha value is -2.76. The first-order valence-electron chi connectivity index (χ1n) is 6.29. The van der Waals surface area contributed by atoms with E-state index in [1.807, 2.05) is 31.2 Å². The number of anilines is 2. The van der Waals surface area contributed by atoms with Crippen LogP contribution in [0.5, 0.6) is 0 Å². The van der Waals surface area contributed by atoms with Crippen LogP contribution < -0.4 is 16.7 Å². The number of imidazole rings is 1. The number of aromatic nitrogens is 3. The van der Waals surface area contributed by atoms with Crippen LogP contribution in [0.1, 0.15) is 11.1 Å². The topological polar surface area (TPSA) is 99.6 Å². The van der Waals surface area contributed by atoms with Gasteiger partial charge in [0.05, 0.1) is 22.9 Å². The van der Waals surface area contributed by atoms with Gasteiger partial charge in [0.1, 0.15) is 5.82 Å². The van der Waals surface area contributed by atoms with E-state index >= 15 is 0 Å². The SMILES string of the molecule is Cc1cc(N)cnc1NCc1ccc2[nH]c(=O)[nH]c2c1. The summed E-state index contributed by atoms with van der Waals surface area (Å²) >= 11 is 0. The molecule has 6 heteroatoms. The van der Waals surface area contributed by atoms with E-state index < -0.39 is 0 Å². The van der Waals surface area contributed by atoms with Crippen molar-refractivity contribution < 1.29 is 0 Å². The Morgan fingerprint density at radius 2 is 2.05 bits per heavy atom. The number of nitrogens with one attached hydrogen (secondary N) is 3. The molecule has 0 spiro atoms. The van der Waals surface area contributed by atoms with Gasteiger partial charge in [0.25, 0.3) is 0 Å². The van der Waals surface area contributed by atoms with Gasteiger partial charge in [-0.05, 0) is 36.2 Å². The maximum absolute atomic E-state index is 11.2. The summed E-state index contributed by atoms with van der Waals surface area (Å²) in [5.74, 6) is 0.807. The van der Waals surface area contributed by atoms with E-state index in [4.69, 9.17) is 5.73 Å². The highest BCUT2D eigenvalue weighted by atomic mass is 16.1. The molecule has 0 aliphatic carbocycles. The molecule has 0 aliphatic heterocycles. The van der Waals surface area contributed by atoms with Crippen LogP contribution in [0.2, 0.25) is 0 Å². The van der Waals surface area contributed by atoms with Crippen LogP contribution in [0.3, 0.4) is 0 Å². The van der Waals surface area contributed by atoms with Crippen molar-refractivity contribution in [1.82, 2.24) is 15.0 Å². The Labute approximate surface area is 115 Å². The molecular formula is C14H15N5O. The molecule has 20 heavy (non-hydrogen) atoms. The van der Waals surface area contributed by atoms with Gasteiger partial charge < -0.3 is 21.0 Å². The molecule has 5 N–H and O–H groups in total. The van der Waals surface area contributed by atoms with Crippen molar-refractivity contribution in [2.45, 2.75) is 13.5 Å². The predicted molar refractivity (Wildman–Crippen MR) is 79.6 cm³/mol. The molecular weight excluding hydrogens is 254 g/mol. The molecule has 0 bridgehead atoms. The van der Waals surface area contributed by atoms with Crippen LogP contribution in [0.15, 0.2) is 35.3 Å². The standard InChI is InChI=1S/C14H15N5O/c1-8-4-10(15)7-17-13(8)16-6-9-2-3-11-12(5-9)19-14(20)18-11/h2-5,7H,6,15H2,1H3,(H,16,17)(H2,18,19,20). The zero-order valence-electron chi connectivity index (χ0n) is 11.0. The molecule has 0 saturated carbocycles. The fourth-order valence-electron chi connectivity index (χ4n) is 2.16. The fraction of sp³-hybridized carbons (Fsp3) is 0.143. The molecule has 6 nitrogen and oxygen atoms in total. The van der Waals surface area contributed by atoms with Gasteiger partial charge in [0, 0.05) is 6.54 Å². The number of hydrogen-bond donors (Lipinski definition) is 4. The minimum Gasteiger partial charge on any atom is -0.397 e. The molecule has 1 aromatic carbocycles. The summed E-state index contributed by atoms with van der Waals surface area (Å²) in [6.45, 7) is 2.58. The fourth-order valence-corrected chi connectivity index (χ4v) is 2.16. The van der Waals surface area contributed by atoms with E-state index in [-0.39, 0.29) is 5.69 Å². The van der Waals surface area contributed by atoms with Crippen molar-refractivity contribution in [3.63, 3.8) is 0 Å². The Morgan fingerprint density at radius 1 is 1.25 bits per heavy atom. The van der Waals surface area contributed by atoms with Crippen molar-refractivity contribution in [1.29, 1.82) is 0 Å². The van der Waals surface area contributed by atoms with E-state index in [1.54, 1.807) is 6.20 Å². The van der Waals surface area contributed by atoms with Gasteiger partial charge in [0.15, 0.2) is 0 Å². The number of H-pyrrole nitrogens is 2. The summed E-state index contributed by atoms with van der Waals surface area (Å²) in [4.78, 5) is 20.9. The minimum atomic E-state index is -0.193. The number of rotatable bonds is 3. The maximum atomic E-state index is 11.2. The van der Waals surface area contributed by atoms with Gasteiger partial charge >= 0.3 is 5.69 Å². The van der Waals surface area contributed by atoms with Gasteiger partial charge in [-0.15, -0.1) is 0 Å². The molecule has 0 atom stereocenters. The lowest BCUT2D eigenvalue weighted by Crippen LogP contribution is -2.03. The Balaban J connectivity index is 1.80. The second kappa shape index (κ2) is 4.73. The molecule has 102 valence electrons. The van der Waals surface area contributed by atoms with Gasteiger partial charge in [-0.2, -0.15) is 0 Å². The lowest BCUT2D eigenvalue weighted by molar-refractivity contribution is 1.10. The summed E-state index contributed by atoms with van der Waals surface area (Å²) in [5, 5.41) is 3.26. The number of benzene rings is 1. The van der Waals surface area contributed by atoms with Crippen molar-refractivity contribution in [2.24, 2.45) is 0 Å². The summed E-state index contributed by atoms with van der Waals surface area (Å²) in [6, 6.07) is 7.66. The lowest BCUT2D eigenvalue weighted by Gasteiger charge is -2.09. The molecule has 0 aliphatic rings. The normalized spacial score (nSPS) is 10.8. The molecule has 0 radical (unpaired) electrons. The highest BCUT2D eigenvalue weighted by Gasteiger charge is 2.02. The zero-order chi connectivity index (χ0) is 14.1. The molecule has 2 aromatic heterocycles. The summed E-state index contributed by atoms with van der Waals surface area (Å²) in [6.07, 6.45) is 1.63.